The van der Waals surface area contributed by atoms with E-state index >= 15 is 0 Å². The smallest absolute Gasteiger partial charge is 0.267 e. The Labute approximate surface area is 129 Å². The van der Waals surface area contributed by atoms with E-state index < -0.39 is 6.10 Å². The quantitative estimate of drug-likeness (QED) is 0.873. The Morgan fingerprint density at radius 1 is 1.27 bits per heavy atom. The van der Waals surface area contributed by atoms with Crippen LogP contribution in [0.2, 0.25) is 0 Å². The van der Waals surface area contributed by atoms with Gasteiger partial charge in [0.2, 0.25) is 0 Å². The Morgan fingerprint density at radius 3 is 2.91 bits per heavy atom. The standard InChI is InChI=1S/C17H20N2O3/c20-15(12-22-11-13-5-2-1-3-6-13)10-19-17(21)9-14-7-4-8-16(14)18-19/h1-3,5-6,9,15,20H,4,7-8,10-12H2/t15-/m1/s1. The van der Waals surface area contributed by atoms with Crippen LogP contribution in [0.25, 0.3) is 0 Å². The predicted octanol–water partition coefficient (Wildman–Crippen LogP) is 1.31. The lowest BCUT2D eigenvalue weighted by Crippen LogP contribution is -2.31. The van der Waals surface area contributed by atoms with Gasteiger partial charge in [-0.1, -0.05) is 30.3 Å². The monoisotopic (exact) mass is 300 g/mol. The molecule has 5 nitrogen and oxygen atoms in total. The number of benzene rings is 1. The first-order valence-electron chi connectivity index (χ1n) is 7.62. The van der Waals surface area contributed by atoms with Crippen LogP contribution in [0, 0.1) is 0 Å². The maximum Gasteiger partial charge on any atom is 0.267 e. The van der Waals surface area contributed by atoms with Crippen LogP contribution in [0.5, 0.6) is 0 Å². The summed E-state index contributed by atoms with van der Waals surface area (Å²) < 4.78 is 6.84. The largest absolute Gasteiger partial charge is 0.389 e. The minimum absolute atomic E-state index is 0.150. The van der Waals surface area contributed by atoms with Gasteiger partial charge in [-0.15, -0.1) is 0 Å². The summed E-state index contributed by atoms with van der Waals surface area (Å²) in [6.07, 6.45) is 2.15. The molecule has 0 saturated heterocycles. The maximum atomic E-state index is 12.0. The van der Waals surface area contributed by atoms with Crippen molar-refractivity contribution in [3.05, 3.63) is 63.6 Å². The highest BCUT2D eigenvalue weighted by Crippen LogP contribution is 2.16. The number of aryl methyl sites for hydroxylation is 2. The summed E-state index contributed by atoms with van der Waals surface area (Å²) in [6, 6.07) is 11.4. The lowest BCUT2D eigenvalue weighted by molar-refractivity contribution is 0.0179. The van der Waals surface area contributed by atoms with Gasteiger partial charge in [-0.05, 0) is 30.4 Å². The molecule has 2 aromatic rings. The molecule has 0 unspecified atom stereocenters. The molecule has 0 fully saturated rings. The fourth-order valence-corrected chi connectivity index (χ4v) is 2.71. The molecule has 1 aliphatic rings. The van der Waals surface area contributed by atoms with Crippen LogP contribution in [0.3, 0.4) is 0 Å². The molecule has 0 bridgehead atoms. The van der Waals surface area contributed by atoms with Crippen LogP contribution in [0.15, 0.2) is 41.2 Å². The molecule has 1 N–H and O–H groups in total. The Morgan fingerprint density at radius 2 is 2.09 bits per heavy atom. The van der Waals surface area contributed by atoms with E-state index in [1.165, 1.54) is 4.68 Å². The van der Waals surface area contributed by atoms with Crippen LogP contribution in [0.4, 0.5) is 0 Å². The molecule has 1 aromatic heterocycles. The molecule has 0 saturated carbocycles. The second kappa shape index (κ2) is 6.85. The van der Waals surface area contributed by atoms with Gasteiger partial charge in [-0.2, -0.15) is 5.10 Å². The minimum Gasteiger partial charge on any atom is -0.389 e. The summed E-state index contributed by atoms with van der Waals surface area (Å²) in [4.78, 5) is 12.0. The summed E-state index contributed by atoms with van der Waals surface area (Å²) in [6.45, 7) is 0.797. The number of aliphatic hydroxyl groups is 1. The van der Waals surface area contributed by atoms with Crippen molar-refractivity contribution in [1.82, 2.24) is 9.78 Å². The molecule has 0 spiro atoms. The first-order chi connectivity index (χ1) is 10.7. The van der Waals surface area contributed by atoms with E-state index in [4.69, 9.17) is 4.74 Å². The highest BCUT2D eigenvalue weighted by Gasteiger charge is 2.16. The second-order valence-electron chi connectivity index (χ2n) is 5.64. The van der Waals surface area contributed by atoms with Crippen molar-refractivity contribution in [3.63, 3.8) is 0 Å². The molecule has 1 aliphatic carbocycles. The number of rotatable bonds is 6. The van der Waals surface area contributed by atoms with Crippen molar-refractivity contribution in [2.45, 2.75) is 38.5 Å². The Kier molecular flexibility index (Phi) is 4.65. The SMILES string of the molecule is O=c1cc2c(nn1C[C@@H](O)COCc1ccccc1)CCC2. The number of aromatic nitrogens is 2. The third-order valence-corrected chi connectivity index (χ3v) is 3.83. The molecular formula is C17H20N2O3. The minimum atomic E-state index is -0.742. The van der Waals surface area contributed by atoms with Crippen molar-refractivity contribution < 1.29 is 9.84 Å². The third-order valence-electron chi connectivity index (χ3n) is 3.83. The van der Waals surface area contributed by atoms with Crippen LogP contribution >= 0.6 is 0 Å². The third kappa shape index (κ3) is 3.61. The maximum absolute atomic E-state index is 12.0. The summed E-state index contributed by atoms with van der Waals surface area (Å²) in [7, 11) is 0. The first-order valence-corrected chi connectivity index (χ1v) is 7.62. The Hall–Kier alpha value is -1.98. The number of nitrogens with zero attached hydrogens (tertiary/aromatic N) is 2. The van der Waals surface area contributed by atoms with Crippen LogP contribution in [-0.2, 0) is 30.7 Å². The van der Waals surface area contributed by atoms with Crippen LogP contribution in [0.1, 0.15) is 23.2 Å². The van der Waals surface area contributed by atoms with Gasteiger partial charge in [0.05, 0.1) is 31.6 Å². The average Bonchev–Trinajstić information content (AvgIpc) is 2.96. The highest BCUT2D eigenvalue weighted by atomic mass is 16.5. The van der Waals surface area contributed by atoms with E-state index in [2.05, 4.69) is 5.10 Å². The molecule has 1 aromatic carbocycles. The van der Waals surface area contributed by atoms with Gasteiger partial charge in [-0.25, -0.2) is 4.68 Å². The van der Waals surface area contributed by atoms with Gasteiger partial charge >= 0.3 is 0 Å². The van der Waals surface area contributed by atoms with Crippen molar-refractivity contribution >= 4 is 0 Å². The summed E-state index contributed by atoms with van der Waals surface area (Å²) in [5, 5.41) is 14.4. The molecule has 3 rings (SSSR count). The zero-order chi connectivity index (χ0) is 15.4. The number of hydrogen-bond donors (Lipinski definition) is 1. The second-order valence-corrected chi connectivity index (χ2v) is 5.64. The van der Waals surface area contributed by atoms with E-state index in [0.717, 1.165) is 36.1 Å². The molecule has 1 heterocycles. The fraction of sp³-hybridized carbons (Fsp3) is 0.412. The normalized spacial score (nSPS) is 14.8. The van der Waals surface area contributed by atoms with Crippen molar-refractivity contribution in [1.29, 1.82) is 0 Å². The molecule has 0 amide bonds. The molecule has 5 heteroatoms. The Balaban J connectivity index is 1.54. The van der Waals surface area contributed by atoms with Crippen molar-refractivity contribution in [3.8, 4) is 0 Å². The van der Waals surface area contributed by atoms with E-state index in [9.17, 15) is 9.90 Å². The lowest BCUT2D eigenvalue weighted by Gasteiger charge is -2.13. The molecule has 1 atom stereocenters. The van der Waals surface area contributed by atoms with E-state index in [1.807, 2.05) is 30.3 Å². The zero-order valence-corrected chi connectivity index (χ0v) is 12.4. The van der Waals surface area contributed by atoms with E-state index in [-0.39, 0.29) is 18.7 Å². The van der Waals surface area contributed by atoms with E-state index in [0.29, 0.717) is 6.61 Å². The Bertz CT molecular complexity index is 682. The van der Waals surface area contributed by atoms with Crippen molar-refractivity contribution in [2.75, 3.05) is 6.61 Å². The molecule has 116 valence electrons. The van der Waals surface area contributed by atoms with Gasteiger partial charge in [0.1, 0.15) is 0 Å². The molecule has 0 radical (unpaired) electrons. The molecule has 22 heavy (non-hydrogen) atoms. The fourth-order valence-electron chi connectivity index (χ4n) is 2.71. The van der Waals surface area contributed by atoms with Crippen molar-refractivity contribution in [2.24, 2.45) is 0 Å². The molecule has 0 aliphatic heterocycles. The number of aliphatic hydroxyl groups excluding tert-OH is 1. The molecular weight excluding hydrogens is 280 g/mol. The summed E-state index contributed by atoms with van der Waals surface area (Å²) in [5.74, 6) is 0. The van der Waals surface area contributed by atoms with Crippen LogP contribution < -0.4 is 5.56 Å². The van der Waals surface area contributed by atoms with E-state index in [1.54, 1.807) is 6.07 Å². The van der Waals surface area contributed by atoms with Gasteiger partial charge in [0, 0.05) is 6.07 Å². The van der Waals surface area contributed by atoms with Gasteiger partial charge in [0.25, 0.3) is 5.56 Å². The lowest BCUT2D eigenvalue weighted by atomic mass is 10.2. The number of ether oxygens (including phenoxy) is 1. The summed E-state index contributed by atoms with van der Waals surface area (Å²) >= 11 is 0. The number of hydrogen-bond acceptors (Lipinski definition) is 4. The topological polar surface area (TPSA) is 64.4 Å². The van der Waals surface area contributed by atoms with Gasteiger partial charge in [0.15, 0.2) is 0 Å². The highest BCUT2D eigenvalue weighted by molar-refractivity contribution is 5.22. The van der Waals surface area contributed by atoms with Crippen LogP contribution in [-0.4, -0.2) is 27.6 Å². The first kappa shape index (κ1) is 14.9. The predicted molar refractivity (Wildman–Crippen MR) is 82.6 cm³/mol. The summed E-state index contributed by atoms with van der Waals surface area (Å²) in [5.41, 5.74) is 2.94. The average molecular weight is 300 g/mol. The van der Waals surface area contributed by atoms with Gasteiger partial charge in [-0.3, -0.25) is 4.79 Å². The zero-order valence-electron chi connectivity index (χ0n) is 12.4. The number of fused-ring (bicyclic) bond motifs is 1. The van der Waals surface area contributed by atoms with Gasteiger partial charge < -0.3 is 9.84 Å².